The van der Waals surface area contributed by atoms with Crippen molar-refractivity contribution >= 4 is 15.5 Å². The third kappa shape index (κ3) is 4.14. The minimum Gasteiger partial charge on any atom is -0.381 e. The number of benzene rings is 1. The predicted octanol–water partition coefficient (Wildman–Crippen LogP) is 4.28. The summed E-state index contributed by atoms with van der Waals surface area (Å²) in [5.74, 6) is -3.44. The van der Waals surface area contributed by atoms with E-state index in [1.165, 1.54) is 12.1 Å². The number of nitriles is 1. The van der Waals surface area contributed by atoms with Crippen molar-refractivity contribution in [1.29, 1.82) is 5.26 Å². The molecule has 0 atom stereocenters. The highest BCUT2D eigenvalue weighted by Gasteiger charge is 2.37. The fourth-order valence-electron chi connectivity index (χ4n) is 3.82. The molecule has 1 N–H and O–H groups in total. The molecule has 3 rings (SSSR count). The smallest absolute Gasteiger partial charge is 0.341 e. The van der Waals surface area contributed by atoms with Gasteiger partial charge in [-0.05, 0) is 55.5 Å². The van der Waals surface area contributed by atoms with Crippen LogP contribution in [0.2, 0.25) is 0 Å². The SMILES string of the molecule is N#CCC1(c2ccc(S(=O)(=O)C(F)F)cc2)CCC(Nc2cccnc2)CC1. The molecule has 0 bridgehead atoms. The first kappa shape index (κ1) is 20.2. The first-order valence-corrected chi connectivity index (χ1v) is 10.6. The van der Waals surface area contributed by atoms with Gasteiger partial charge < -0.3 is 5.32 Å². The predicted molar refractivity (Wildman–Crippen MR) is 102 cm³/mol. The summed E-state index contributed by atoms with van der Waals surface area (Å²) in [5, 5.41) is 12.8. The molecular weight excluding hydrogens is 384 g/mol. The molecule has 0 spiro atoms. The first-order valence-electron chi connectivity index (χ1n) is 9.03. The number of halogens is 2. The molecule has 1 aromatic heterocycles. The lowest BCUT2D eigenvalue weighted by Crippen LogP contribution is -2.36. The summed E-state index contributed by atoms with van der Waals surface area (Å²) in [6.07, 6.45) is 6.95. The summed E-state index contributed by atoms with van der Waals surface area (Å²) >= 11 is 0. The van der Waals surface area contributed by atoms with Gasteiger partial charge >= 0.3 is 5.76 Å². The van der Waals surface area contributed by atoms with Crippen LogP contribution in [-0.2, 0) is 15.3 Å². The number of nitrogens with one attached hydrogen (secondary N) is 1. The Kier molecular flexibility index (Phi) is 5.94. The Labute approximate surface area is 163 Å². The molecule has 1 saturated carbocycles. The summed E-state index contributed by atoms with van der Waals surface area (Å²) in [7, 11) is -4.61. The Morgan fingerprint density at radius 1 is 1.21 bits per heavy atom. The molecule has 0 aliphatic heterocycles. The zero-order chi connectivity index (χ0) is 20.2. The summed E-state index contributed by atoms with van der Waals surface area (Å²) in [4.78, 5) is 3.69. The molecule has 0 unspecified atom stereocenters. The van der Waals surface area contributed by atoms with Gasteiger partial charge in [-0.1, -0.05) is 12.1 Å². The Bertz CT molecular complexity index is 934. The first-order chi connectivity index (χ1) is 13.4. The van der Waals surface area contributed by atoms with Crippen LogP contribution in [-0.4, -0.2) is 25.2 Å². The van der Waals surface area contributed by atoms with Crippen LogP contribution >= 0.6 is 0 Å². The van der Waals surface area contributed by atoms with Crippen LogP contribution in [0.5, 0.6) is 0 Å². The van der Waals surface area contributed by atoms with Crippen molar-refractivity contribution in [2.45, 2.75) is 54.2 Å². The number of rotatable bonds is 6. The summed E-state index contributed by atoms with van der Waals surface area (Å²) in [6, 6.07) is 11.9. The van der Waals surface area contributed by atoms with Crippen LogP contribution in [0.25, 0.3) is 0 Å². The van der Waals surface area contributed by atoms with Crippen molar-refractivity contribution in [3.8, 4) is 6.07 Å². The highest BCUT2D eigenvalue weighted by atomic mass is 32.2. The average Bonchev–Trinajstić information content (AvgIpc) is 2.70. The van der Waals surface area contributed by atoms with E-state index in [9.17, 15) is 22.5 Å². The Hall–Kier alpha value is -2.53. The standard InChI is InChI=1S/C20H21F2N3O2S/c21-19(22)28(26,27)18-5-3-15(4-6-18)20(11-12-23)9-7-16(8-10-20)25-17-2-1-13-24-14-17/h1-6,13-14,16,19,25H,7-11H2. The van der Waals surface area contributed by atoms with E-state index in [2.05, 4.69) is 16.4 Å². The van der Waals surface area contributed by atoms with Gasteiger partial charge in [-0.3, -0.25) is 4.98 Å². The molecule has 5 nitrogen and oxygen atoms in total. The molecule has 0 saturated heterocycles. The number of sulfone groups is 1. The van der Waals surface area contributed by atoms with E-state index in [4.69, 9.17) is 0 Å². The maximum Gasteiger partial charge on any atom is 0.341 e. The van der Waals surface area contributed by atoms with Crippen LogP contribution in [0.4, 0.5) is 14.5 Å². The van der Waals surface area contributed by atoms with Crippen LogP contribution in [0.3, 0.4) is 0 Å². The second-order valence-electron chi connectivity index (χ2n) is 7.11. The zero-order valence-electron chi connectivity index (χ0n) is 15.2. The van der Waals surface area contributed by atoms with E-state index in [-0.39, 0.29) is 6.04 Å². The van der Waals surface area contributed by atoms with Crippen molar-refractivity contribution in [1.82, 2.24) is 4.98 Å². The number of hydrogen-bond acceptors (Lipinski definition) is 5. The molecular formula is C20H21F2N3O2S. The number of pyridine rings is 1. The second-order valence-corrected chi connectivity index (χ2v) is 9.02. The molecule has 2 aromatic rings. The summed E-state index contributed by atoms with van der Waals surface area (Å²) in [6.45, 7) is 0. The number of alkyl halides is 2. The van der Waals surface area contributed by atoms with Gasteiger partial charge in [0.1, 0.15) is 0 Å². The van der Waals surface area contributed by atoms with Gasteiger partial charge in [-0.15, -0.1) is 0 Å². The fraction of sp³-hybridized carbons (Fsp3) is 0.400. The molecule has 0 radical (unpaired) electrons. The maximum absolute atomic E-state index is 12.7. The molecule has 1 fully saturated rings. The maximum atomic E-state index is 12.7. The molecule has 0 amide bonds. The van der Waals surface area contributed by atoms with E-state index >= 15 is 0 Å². The highest BCUT2D eigenvalue weighted by molar-refractivity contribution is 7.91. The van der Waals surface area contributed by atoms with Crippen molar-refractivity contribution in [2.75, 3.05) is 5.32 Å². The van der Waals surface area contributed by atoms with Crippen LogP contribution in [0.1, 0.15) is 37.7 Å². The molecule has 148 valence electrons. The summed E-state index contributed by atoms with van der Waals surface area (Å²) < 4.78 is 48.7. The van der Waals surface area contributed by atoms with Crippen LogP contribution < -0.4 is 5.32 Å². The average molecular weight is 405 g/mol. The quantitative estimate of drug-likeness (QED) is 0.775. The third-order valence-corrected chi connectivity index (χ3v) is 6.82. The third-order valence-electron chi connectivity index (χ3n) is 5.42. The van der Waals surface area contributed by atoms with Gasteiger partial charge in [0.05, 0.1) is 16.7 Å². The van der Waals surface area contributed by atoms with Crippen LogP contribution in [0, 0.1) is 11.3 Å². The number of anilines is 1. The van der Waals surface area contributed by atoms with Gasteiger partial charge in [0, 0.05) is 30.3 Å². The van der Waals surface area contributed by atoms with E-state index in [1.807, 2.05) is 12.1 Å². The molecule has 1 aromatic carbocycles. The normalized spacial score (nSPS) is 22.6. The second kappa shape index (κ2) is 8.23. The van der Waals surface area contributed by atoms with Gasteiger partial charge in [-0.2, -0.15) is 14.0 Å². The number of hydrogen-bond donors (Lipinski definition) is 1. The Balaban J connectivity index is 1.76. The number of nitrogens with zero attached hydrogens (tertiary/aromatic N) is 2. The molecule has 1 aliphatic carbocycles. The van der Waals surface area contributed by atoms with E-state index in [0.29, 0.717) is 6.42 Å². The Morgan fingerprint density at radius 3 is 2.43 bits per heavy atom. The summed E-state index contributed by atoms with van der Waals surface area (Å²) in [5.41, 5.74) is 1.37. The minimum atomic E-state index is -4.61. The monoisotopic (exact) mass is 405 g/mol. The molecule has 1 heterocycles. The van der Waals surface area contributed by atoms with E-state index in [0.717, 1.165) is 36.9 Å². The van der Waals surface area contributed by atoms with Crippen LogP contribution in [0.15, 0.2) is 53.7 Å². The van der Waals surface area contributed by atoms with E-state index in [1.54, 1.807) is 24.5 Å². The van der Waals surface area contributed by atoms with Gasteiger partial charge in [0.15, 0.2) is 0 Å². The molecule has 8 heteroatoms. The van der Waals surface area contributed by atoms with Gasteiger partial charge in [-0.25, -0.2) is 8.42 Å². The van der Waals surface area contributed by atoms with E-state index < -0.39 is 25.9 Å². The lowest BCUT2D eigenvalue weighted by atomic mass is 9.66. The van der Waals surface area contributed by atoms with Gasteiger partial charge in [0.25, 0.3) is 0 Å². The molecule has 28 heavy (non-hydrogen) atoms. The molecule has 1 aliphatic rings. The fourth-order valence-corrected chi connectivity index (χ4v) is 4.54. The topological polar surface area (TPSA) is 82.8 Å². The van der Waals surface area contributed by atoms with Crippen molar-refractivity contribution in [3.05, 3.63) is 54.4 Å². The highest BCUT2D eigenvalue weighted by Crippen LogP contribution is 2.43. The van der Waals surface area contributed by atoms with Crippen molar-refractivity contribution in [3.63, 3.8) is 0 Å². The Morgan fingerprint density at radius 2 is 1.89 bits per heavy atom. The number of aromatic nitrogens is 1. The lowest BCUT2D eigenvalue weighted by molar-refractivity contribution is 0.234. The minimum absolute atomic E-state index is 0.259. The largest absolute Gasteiger partial charge is 0.381 e. The van der Waals surface area contributed by atoms with Gasteiger partial charge in [0.2, 0.25) is 9.84 Å². The lowest BCUT2D eigenvalue weighted by Gasteiger charge is -2.40. The zero-order valence-corrected chi connectivity index (χ0v) is 16.0. The van der Waals surface area contributed by atoms with Crippen molar-refractivity contribution in [2.24, 2.45) is 0 Å². The van der Waals surface area contributed by atoms with Crippen molar-refractivity contribution < 1.29 is 17.2 Å².